The van der Waals surface area contributed by atoms with Gasteiger partial charge in [-0.1, -0.05) is 0 Å². The minimum Gasteiger partial charge on any atom is -0.462 e. The topological polar surface area (TPSA) is 52.6 Å². The second kappa shape index (κ2) is 6.44. The van der Waals surface area contributed by atoms with Crippen molar-refractivity contribution in [2.45, 2.75) is 13.5 Å². The van der Waals surface area contributed by atoms with E-state index in [0.29, 0.717) is 6.29 Å². The third kappa shape index (κ3) is 3.49. The van der Waals surface area contributed by atoms with Crippen molar-refractivity contribution in [3.8, 4) is 5.75 Å². The van der Waals surface area contributed by atoms with Gasteiger partial charge in [-0.25, -0.2) is 4.79 Å². The van der Waals surface area contributed by atoms with Gasteiger partial charge in [-0.3, -0.25) is 4.79 Å². The Morgan fingerprint density at radius 3 is 2.67 bits per heavy atom. The van der Waals surface area contributed by atoms with E-state index in [2.05, 4.69) is 20.7 Å². The lowest BCUT2D eigenvalue weighted by Gasteiger charge is -2.12. The van der Waals surface area contributed by atoms with Gasteiger partial charge in [0.1, 0.15) is 11.8 Å². The molecule has 0 saturated carbocycles. The summed E-state index contributed by atoms with van der Waals surface area (Å²) in [7, 11) is 0. The van der Waals surface area contributed by atoms with Crippen molar-refractivity contribution < 1.29 is 27.8 Å². The van der Waals surface area contributed by atoms with Crippen molar-refractivity contribution >= 4 is 28.2 Å². The monoisotopic (exact) mass is 322 g/mol. The first-order valence-electron chi connectivity index (χ1n) is 4.90. The lowest BCUT2D eigenvalue weighted by atomic mass is 10.1. The average Bonchev–Trinajstić information content (AvgIpc) is 2.31. The first kappa shape index (κ1) is 14.6. The zero-order chi connectivity index (χ0) is 13.7. The standard InChI is InChI=1S/C11H9BrF2O4/c1-2-17-10(16)7-3-6(5-15)4-8(12)9(7)18-11(13)14/h3-5,11H,2H2,1H3. The Kier molecular flexibility index (Phi) is 5.21. The number of carbonyl (C=O) groups excluding carboxylic acids is 2. The second-order valence-electron chi connectivity index (χ2n) is 3.10. The molecule has 0 spiro atoms. The molecule has 0 radical (unpaired) electrons. The summed E-state index contributed by atoms with van der Waals surface area (Å²) in [6, 6.07) is 2.40. The van der Waals surface area contributed by atoms with Crippen LogP contribution in [-0.2, 0) is 4.74 Å². The molecule has 0 fully saturated rings. The Hall–Kier alpha value is -1.50. The molecule has 18 heavy (non-hydrogen) atoms. The predicted molar refractivity (Wildman–Crippen MR) is 62.1 cm³/mol. The van der Waals surface area contributed by atoms with E-state index in [1.54, 1.807) is 6.92 Å². The van der Waals surface area contributed by atoms with Crippen molar-refractivity contribution in [1.82, 2.24) is 0 Å². The second-order valence-corrected chi connectivity index (χ2v) is 3.95. The molecule has 0 heterocycles. The van der Waals surface area contributed by atoms with E-state index in [-0.39, 0.29) is 28.0 Å². The average molecular weight is 323 g/mol. The number of alkyl halides is 2. The van der Waals surface area contributed by atoms with Gasteiger partial charge in [-0.15, -0.1) is 0 Å². The summed E-state index contributed by atoms with van der Waals surface area (Å²) in [6.07, 6.45) is 0.486. The molecule has 0 saturated heterocycles. The lowest BCUT2D eigenvalue weighted by Crippen LogP contribution is -2.11. The molecule has 0 amide bonds. The summed E-state index contributed by atoms with van der Waals surface area (Å²) in [5, 5.41) is 0. The zero-order valence-electron chi connectivity index (χ0n) is 9.28. The van der Waals surface area contributed by atoms with Crippen molar-refractivity contribution in [1.29, 1.82) is 0 Å². The first-order chi connectivity index (χ1) is 8.49. The van der Waals surface area contributed by atoms with Crippen LogP contribution in [0.25, 0.3) is 0 Å². The summed E-state index contributed by atoms with van der Waals surface area (Å²) >= 11 is 2.96. The molecule has 1 aromatic rings. The number of esters is 1. The van der Waals surface area contributed by atoms with Crippen LogP contribution >= 0.6 is 15.9 Å². The van der Waals surface area contributed by atoms with E-state index in [9.17, 15) is 18.4 Å². The maximum absolute atomic E-state index is 12.2. The molecule has 1 aromatic carbocycles. The molecule has 0 bridgehead atoms. The van der Waals surface area contributed by atoms with Crippen LogP contribution in [0.15, 0.2) is 16.6 Å². The van der Waals surface area contributed by atoms with Gasteiger partial charge in [0.05, 0.1) is 11.1 Å². The molecule has 0 N–H and O–H groups in total. The number of halogens is 3. The fourth-order valence-corrected chi connectivity index (χ4v) is 1.82. The fraction of sp³-hybridized carbons (Fsp3) is 0.273. The molecule has 98 valence electrons. The molecule has 1 rings (SSSR count). The lowest BCUT2D eigenvalue weighted by molar-refractivity contribution is -0.0509. The number of ether oxygens (including phenoxy) is 2. The van der Waals surface area contributed by atoms with Crippen LogP contribution < -0.4 is 4.74 Å². The summed E-state index contributed by atoms with van der Waals surface area (Å²) < 4.78 is 33.5. The normalized spacial score (nSPS) is 10.3. The third-order valence-electron chi connectivity index (χ3n) is 1.90. The Labute approximate surface area is 110 Å². The van der Waals surface area contributed by atoms with Gasteiger partial charge < -0.3 is 9.47 Å². The molecular formula is C11H9BrF2O4. The van der Waals surface area contributed by atoms with Crippen LogP contribution in [0.4, 0.5) is 8.78 Å². The maximum atomic E-state index is 12.2. The number of rotatable bonds is 5. The molecule has 4 nitrogen and oxygen atoms in total. The smallest absolute Gasteiger partial charge is 0.387 e. The van der Waals surface area contributed by atoms with Gasteiger partial charge in [-0.05, 0) is 35.0 Å². The van der Waals surface area contributed by atoms with E-state index in [4.69, 9.17) is 4.74 Å². The fourth-order valence-electron chi connectivity index (χ4n) is 1.25. The Morgan fingerprint density at radius 2 is 2.17 bits per heavy atom. The van der Waals surface area contributed by atoms with Crippen LogP contribution in [0.2, 0.25) is 0 Å². The molecule has 0 aliphatic heterocycles. The van der Waals surface area contributed by atoms with Crippen LogP contribution in [0.1, 0.15) is 27.6 Å². The van der Waals surface area contributed by atoms with Crippen LogP contribution in [-0.4, -0.2) is 25.5 Å². The van der Waals surface area contributed by atoms with E-state index >= 15 is 0 Å². The summed E-state index contributed by atoms with van der Waals surface area (Å²) in [6.45, 7) is -1.43. The minimum absolute atomic E-state index is 0.0791. The Morgan fingerprint density at radius 1 is 1.50 bits per heavy atom. The molecule has 0 aliphatic carbocycles. The van der Waals surface area contributed by atoms with E-state index in [1.165, 1.54) is 6.07 Å². The molecule has 0 aliphatic rings. The van der Waals surface area contributed by atoms with Crippen molar-refractivity contribution in [3.63, 3.8) is 0 Å². The Balaban J connectivity index is 3.28. The van der Waals surface area contributed by atoms with Gasteiger partial charge in [0, 0.05) is 5.56 Å². The molecule has 0 unspecified atom stereocenters. The van der Waals surface area contributed by atoms with Crippen molar-refractivity contribution in [2.24, 2.45) is 0 Å². The zero-order valence-corrected chi connectivity index (χ0v) is 10.9. The Bertz CT molecular complexity index is 463. The number of benzene rings is 1. The minimum atomic E-state index is -3.09. The summed E-state index contributed by atoms with van der Waals surface area (Å²) in [5.74, 6) is -1.19. The number of carbonyl (C=O) groups is 2. The highest BCUT2D eigenvalue weighted by molar-refractivity contribution is 9.10. The maximum Gasteiger partial charge on any atom is 0.387 e. The highest BCUT2D eigenvalue weighted by atomic mass is 79.9. The predicted octanol–water partition coefficient (Wildman–Crippen LogP) is 3.04. The summed E-state index contributed by atoms with van der Waals surface area (Å²) in [5.41, 5.74) is -0.0832. The first-order valence-corrected chi connectivity index (χ1v) is 5.69. The van der Waals surface area contributed by atoms with Crippen LogP contribution in [0, 0.1) is 0 Å². The number of aldehydes is 1. The van der Waals surface area contributed by atoms with Crippen molar-refractivity contribution in [3.05, 3.63) is 27.7 Å². The molecule has 0 aromatic heterocycles. The van der Waals surface area contributed by atoms with E-state index in [0.717, 1.165) is 6.07 Å². The van der Waals surface area contributed by atoms with Crippen LogP contribution in [0.3, 0.4) is 0 Å². The largest absolute Gasteiger partial charge is 0.462 e. The quantitative estimate of drug-likeness (QED) is 0.617. The van der Waals surface area contributed by atoms with Gasteiger partial charge in [0.2, 0.25) is 0 Å². The van der Waals surface area contributed by atoms with Crippen LogP contribution in [0.5, 0.6) is 5.75 Å². The van der Waals surface area contributed by atoms with E-state index < -0.39 is 12.6 Å². The third-order valence-corrected chi connectivity index (χ3v) is 2.49. The van der Waals surface area contributed by atoms with Gasteiger partial charge in [0.15, 0.2) is 5.75 Å². The van der Waals surface area contributed by atoms with Gasteiger partial charge in [-0.2, -0.15) is 8.78 Å². The number of hydrogen-bond donors (Lipinski definition) is 0. The van der Waals surface area contributed by atoms with E-state index in [1.807, 2.05) is 0 Å². The SMILES string of the molecule is CCOC(=O)c1cc(C=O)cc(Br)c1OC(F)F. The van der Waals surface area contributed by atoms with Crippen molar-refractivity contribution in [2.75, 3.05) is 6.61 Å². The number of hydrogen-bond acceptors (Lipinski definition) is 4. The highest BCUT2D eigenvalue weighted by Crippen LogP contribution is 2.32. The molecular weight excluding hydrogens is 314 g/mol. The molecule has 0 atom stereocenters. The highest BCUT2D eigenvalue weighted by Gasteiger charge is 2.21. The van der Waals surface area contributed by atoms with Gasteiger partial charge in [0.25, 0.3) is 0 Å². The molecule has 7 heteroatoms. The summed E-state index contributed by atoms with van der Waals surface area (Å²) in [4.78, 5) is 22.2. The van der Waals surface area contributed by atoms with Gasteiger partial charge >= 0.3 is 12.6 Å².